The molecule has 1 aliphatic rings. The van der Waals surface area contributed by atoms with Crippen molar-refractivity contribution in [1.82, 2.24) is 14.3 Å². The van der Waals surface area contributed by atoms with E-state index in [4.69, 9.17) is 5.73 Å². The van der Waals surface area contributed by atoms with Crippen molar-refractivity contribution in [3.63, 3.8) is 0 Å². The lowest BCUT2D eigenvalue weighted by atomic mass is 9.99. The fourth-order valence-corrected chi connectivity index (χ4v) is 3.04. The summed E-state index contributed by atoms with van der Waals surface area (Å²) in [6.07, 6.45) is 3.85. The molecule has 5 heteroatoms. The molecule has 2 N–H and O–H groups in total. The molecule has 0 radical (unpaired) electrons. The van der Waals surface area contributed by atoms with Crippen molar-refractivity contribution in [2.75, 3.05) is 6.54 Å². The molecule has 3 rings (SSSR count). The van der Waals surface area contributed by atoms with Crippen LogP contribution in [0.1, 0.15) is 31.0 Å². The lowest BCUT2D eigenvalue weighted by molar-refractivity contribution is 0.138. The number of nitrogens with two attached hydrogens (primary N) is 1. The number of nitrogens with zero attached hydrogens (tertiary/aromatic N) is 3. The minimum absolute atomic E-state index is 0.0138. The standard InChI is InChI=1S/C16H22N4O/c1-11-3-4-15-18-14(8-16(21)20(15)9-11)10-19-6-5-13(17)7-12(19)2/h3-4,8-9,12-13H,5-7,10,17H2,1-2H3. The normalized spacial score (nSPS) is 23.6. The molecule has 0 aliphatic carbocycles. The van der Waals surface area contributed by atoms with Crippen LogP contribution in [-0.4, -0.2) is 32.9 Å². The predicted octanol–water partition coefficient (Wildman–Crippen LogP) is 1.31. The smallest absolute Gasteiger partial charge is 0.258 e. The molecule has 1 saturated heterocycles. The van der Waals surface area contributed by atoms with Crippen molar-refractivity contribution < 1.29 is 0 Å². The highest BCUT2D eigenvalue weighted by atomic mass is 16.1. The molecular formula is C16H22N4O. The molecule has 0 bridgehead atoms. The van der Waals surface area contributed by atoms with E-state index in [0.29, 0.717) is 24.3 Å². The van der Waals surface area contributed by atoms with Gasteiger partial charge in [0.15, 0.2) is 0 Å². The molecule has 2 aromatic heterocycles. The molecule has 0 aromatic carbocycles. The number of fused-ring (bicyclic) bond motifs is 1. The van der Waals surface area contributed by atoms with Gasteiger partial charge in [0.25, 0.3) is 5.56 Å². The van der Waals surface area contributed by atoms with Crippen LogP contribution < -0.4 is 11.3 Å². The van der Waals surface area contributed by atoms with Gasteiger partial charge in [0.05, 0.1) is 5.69 Å². The average Bonchev–Trinajstić information content (AvgIpc) is 2.43. The number of aromatic nitrogens is 2. The van der Waals surface area contributed by atoms with E-state index in [0.717, 1.165) is 30.6 Å². The van der Waals surface area contributed by atoms with E-state index in [1.54, 1.807) is 10.5 Å². The van der Waals surface area contributed by atoms with Crippen LogP contribution in [-0.2, 0) is 6.54 Å². The number of likely N-dealkylation sites (tertiary alicyclic amines) is 1. The van der Waals surface area contributed by atoms with Crippen LogP contribution in [0.4, 0.5) is 0 Å². The Labute approximate surface area is 124 Å². The first-order valence-corrected chi connectivity index (χ1v) is 7.51. The number of hydrogen-bond acceptors (Lipinski definition) is 4. The molecular weight excluding hydrogens is 264 g/mol. The Balaban J connectivity index is 1.88. The lowest BCUT2D eigenvalue weighted by Crippen LogP contribution is -2.45. The van der Waals surface area contributed by atoms with Crippen LogP contribution in [0.25, 0.3) is 5.65 Å². The maximum absolute atomic E-state index is 12.2. The summed E-state index contributed by atoms with van der Waals surface area (Å²) in [4.78, 5) is 19.2. The molecule has 1 fully saturated rings. The summed E-state index contributed by atoms with van der Waals surface area (Å²) in [6.45, 7) is 5.85. The van der Waals surface area contributed by atoms with Crippen molar-refractivity contribution in [2.45, 2.75) is 45.3 Å². The third-order valence-electron chi connectivity index (χ3n) is 4.28. The predicted molar refractivity (Wildman–Crippen MR) is 83.3 cm³/mol. The quantitative estimate of drug-likeness (QED) is 0.904. The number of piperidine rings is 1. The highest BCUT2D eigenvalue weighted by molar-refractivity contribution is 5.39. The topological polar surface area (TPSA) is 63.6 Å². The van der Waals surface area contributed by atoms with Gasteiger partial charge in [0.1, 0.15) is 5.65 Å². The van der Waals surface area contributed by atoms with Crippen LogP contribution in [0.15, 0.2) is 29.2 Å². The Morgan fingerprint density at radius 1 is 1.43 bits per heavy atom. The molecule has 2 aromatic rings. The van der Waals surface area contributed by atoms with Gasteiger partial charge in [-0.2, -0.15) is 0 Å². The van der Waals surface area contributed by atoms with Gasteiger partial charge in [-0.3, -0.25) is 14.1 Å². The fourth-order valence-electron chi connectivity index (χ4n) is 3.04. The van der Waals surface area contributed by atoms with E-state index in [2.05, 4.69) is 16.8 Å². The van der Waals surface area contributed by atoms with E-state index in [1.807, 2.05) is 25.3 Å². The zero-order valence-corrected chi connectivity index (χ0v) is 12.6. The second-order valence-electron chi connectivity index (χ2n) is 6.12. The van der Waals surface area contributed by atoms with Gasteiger partial charge in [-0.1, -0.05) is 6.07 Å². The maximum atomic E-state index is 12.2. The second-order valence-corrected chi connectivity index (χ2v) is 6.12. The molecule has 5 nitrogen and oxygen atoms in total. The van der Waals surface area contributed by atoms with Gasteiger partial charge in [0.2, 0.25) is 0 Å². The Hall–Kier alpha value is -1.72. The van der Waals surface area contributed by atoms with Crippen LogP contribution in [0.2, 0.25) is 0 Å². The summed E-state index contributed by atoms with van der Waals surface area (Å²) in [6, 6.07) is 6.26. The number of rotatable bonds is 2. The van der Waals surface area contributed by atoms with Gasteiger partial charge in [0, 0.05) is 37.4 Å². The van der Waals surface area contributed by atoms with Gasteiger partial charge in [-0.15, -0.1) is 0 Å². The van der Waals surface area contributed by atoms with Gasteiger partial charge < -0.3 is 5.73 Å². The first-order valence-electron chi connectivity index (χ1n) is 7.51. The molecule has 3 heterocycles. The Morgan fingerprint density at radius 3 is 3.00 bits per heavy atom. The SMILES string of the molecule is Cc1ccc2nc(CN3CCC(N)CC3C)cc(=O)n2c1. The monoisotopic (exact) mass is 286 g/mol. The largest absolute Gasteiger partial charge is 0.328 e. The minimum atomic E-state index is -0.0138. The van der Waals surface area contributed by atoms with E-state index in [9.17, 15) is 4.79 Å². The van der Waals surface area contributed by atoms with E-state index in [1.165, 1.54) is 0 Å². The Kier molecular flexibility index (Phi) is 3.78. The van der Waals surface area contributed by atoms with E-state index >= 15 is 0 Å². The average molecular weight is 286 g/mol. The maximum Gasteiger partial charge on any atom is 0.258 e. The summed E-state index contributed by atoms with van der Waals surface area (Å²) in [7, 11) is 0. The van der Waals surface area contributed by atoms with Crippen LogP contribution >= 0.6 is 0 Å². The first kappa shape index (κ1) is 14.2. The molecule has 2 atom stereocenters. The third kappa shape index (κ3) is 2.99. The molecule has 1 aliphatic heterocycles. The van der Waals surface area contributed by atoms with Crippen molar-refractivity contribution in [1.29, 1.82) is 0 Å². The number of pyridine rings is 1. The summed E-state index contributed by atoms with van der Waals surface area (Å²) < 4.78 is 1.61. The summed E-state index contributed by atoms with van der Waals surface area (Å²) in [5.74, 6) is 0. The van der Waals surface area contributed by atoms with Crippen molar-refractivity contribution in [2.24, 2.45) is 5.73 Å². The Bertz CT molecular complexity index is 709. The first-order chi connectivity index (χ1) is 10.0. The third-order valence-corrected chi connectivity index (χ3v) is 4.28. The highest BCUT2D eigenvalue weighted by Crippen LogP contribution is 2.18. The summed E-state index contributed by atoms with van der Waals surface area (Å²) >= 11 is 0. The highest BCUT2D eigenvalue weighted by Gasteiger charge is 2.23. The zero-order chi connectivity index (χ0) is 15.0. The fraction of sp³-hybridized carbons (Fsp3) is 0.500. The molecule has 112 valence electrons. The molecule has 0 spiro atoms. The summed E-state index contributed by atoms with van der Waals surface area (Å²) in [5.41, 5.74) is 8.59. The van der Waals surface area contributed by atoms with Gasteiger partial charge in [-0.05, 0) is 38.3 Å². The van der Waals surface area contributed by atoms with Crippen LogP contribution in [0, 0.1) is 6.92 Å². The molecule has 21 heavy (non-hydrogen) atoms. The van der Waals surface area contributed by atoms with Crippen molar-refractivity contribution in [3.8, 4) is 0 Å². The number of hydrogen-bond donors (Lipinski definition) is 1. The van der Waals surface area contributed by atoms with Crippen LogP contribution in [0.3, 0.4) is 0 Å². The van der Waals surface area contributed by atoms with Gasteiger partial charge >= 0.3 is 0 Å². The molecule has 0 amide bonds. The molecule has 0 saturated carbocycles. The minimum Gasteiger partial charge on any atom is -0.328 e. The zero-order valence-electron chi connectivity index (χ0n) is 12.6. The van der Waals surface area contributed by atoms with E-state index in [-0.39, 0.29) is 5.56 Å². The van der Waals surface area contributed by atoms with Gasteiger partial charge in [-0.25, -0.2) is 4.98 Å². The lowest BCUT2D eigenvalue weighted by Gasteiger charge is -2.36. The Morgan fingerprint density at radius 2 is 2.24 bits per heavy atom. The summed E-state index contributed by atoms with van der Waals surface area (Å²) in [5, 5.41) is 0. The van der Waals surface area contributed by atoms with E-state index < -0.39 is 0 Å². The second kappa shape index (κ2) is 5.58. The molecule has 2 unspecified atom stereocenters. The van der Waals surface area contributed by atoms with Crippen LogP contribution in [0.5, 0.6) is 0 Å². The van der Waals surface area contributed by atoms with Crippen molar-refractivity contribution in [3.05, 3.63) is 46.0 Å². The number of aryl methyl sites for hydroxylation is 1. The van der Waals surface area contributed by atoms with Crippen molar-refractivity contribution >= 4 is 5.65 Å².